The molecule has 3 aromatic rings. The van der Waals surface area contributed by atoms with E-state index in [1.165, 1.54) is 0 Å². The number of benzene rings is 2. The number of hydrogen-bond donors (Lipinski definition) is 2. The molecule has 7 nitrogen and oxygen atoms in total. The molecule has 26 heavy (non-hydrogen) atoms. The van der Waals surface area contributed by atoms with Crippen molar-refractivity contribution < 1.29 is 19.3 Å². The summed E-state index contributed by atoms with van der Waals surface area (Å²) >= 11 is 0. The molecule has 0 amide bonds. The van der Waals surface area contributed by atoms with Gasteiger partial charge >= 0.3 is 0 Å². The molecule has 1 heterocycles. The fourth-order valence-corrected chi connectivity index (χ4v) is 2.72. The van der Waals surface area contributed by atoms with Crippen molar-refractivity contribution in [2.24, 2.45) is 0 Å². The fourth-order valence-electron chi connectivity index (χ4n) is 2.72. The number of hydrogen-bond acceptors (Lipinski definition) is 7. The Morgan fingerprint density at radius 1 is 0.923 bits per heavy atom. The highest BCUT2D eigenvalue weighted by Crippen LogP contribution is 2.43. The maximum atomic E-state index is 10.2. The van der Waals surface area contributed by atoms with Crippen molar-refractivity contribution in [2.45, 2.75) is 0 Å². The van der Waals surface area contributed by atoms with E-state index in [0.29, 0.717) is 34.1 Å². The Hall–Kier alpha value is -3.48. The summed E-state index contributed by atoms with van der Waals surface area (Å²) in [6.07, 6.45) is 1.60. The third-order valence-corrected chi connectivity index (χ3v) is 3.94. The van der Waals surface area contributed by atoms with Crippen LogP contribution in [0.15, 0.2) is 42.6 Å². The van der Waals surface area contributed by atoms with Crippen LogP contribution in [-0.4, -0.2) is 36.4 Å². The number of ether oxygens (including phenoxy) is 3. The minimum absolute atomic E-state index is 0.0966. The van der Waals surface area contributed by atoms with Crippen LogP contribution in [0.3, 0.4) is 0 Å². The van der Waals surface area contributed by atoms with E-state index < -0.39 is 0 Å². The molecule has 0 aliphatic rings. The molecule has 3 N–H and O–H groups in total. The van der Waals surface area contributed by atoms with Crippen molar-refractivity contribution in [1.29, 1.82) is 0 Å². The van der Waals surface area contributed by atoms with Crippen LogP contribution in [-0.2, 0) is 0 Å². The molecule has 0 atom stereocenters. The molecule has 0 unspecified atom stereocenters. The topological polar surface area (TPSA) is 99.7 Å². The zero-order valence-corrected chi connectivity index (χ0v) is 14.7. The van der Waals surface area contributed by atoms with Gasteiger partial charge in [-0.1, -0.05) is 12.1 Å². The van der Waals surface area contributed by atoms with Gasteiger partial charge < -0.3 is 25.1 Å². The van der Waals surface area contributed by atoms with E-state index in [2.05, 4.69) is 9.97 Å². The van der Waals surface area contributed by atoms with Crippen LogP contribution in [0.4, 0.5) is 5.95 Å². The summed E-state index contributed by atoms with van der Waals surface area (Å²) in [6, 6.07) is 10.5. The Labute approximate surface area is 151 Å². The van der Waals surface area contributed by atoms with Crippen molar-refractivity contribution in [3.8, 4) is 45.4 Å². The van der Waals surface area contributed by atoms with Crippen LogP contribution in [0.1, 0.15) is 0 Å². The molecule has 134 valence electrons. The van der Waals surface area contributed by atoms with Gasteiger partial charge in [0.15, 0.2) is 11.5 Å². The SMILES string of the molecule is COc1cc(-c2cnc(N)nc2-c2ccccc2O)cc(OC)c1OC. The van der Waals surface area contributed by atoms with Gasteiger partial charge in [0.1, 0.15) is 5.75 Å². The molecule has 3 rings (SSSR count). The molecule has 0 aliphatic heterocycles. The first-order valence-corrected chi connectivity index (χ1v) is 7.80. The number of para-hydroxylation sites is 1. The van der Waals surface area contributed by atoms with Crippen LogP contribution < -0.4 is 19.9 Å². The maximum Gasteiger partial charge on any atom is 0.220 e. The average Bonchev–Trinajstić information content (AvgIpc) is 2.67. The van der Waals surface area contributed by atoms with Gasteiger partial charge in [0.25, 0.3) is 0 Å². The highest BCUT2D eigenvalue weighted by atomic mass is 16.5. The monoisotopic (exact) mass is 353 g/mol. The first kappa shape index (κ1) is 17.3. The second kappa shape index (κ2) is 7.18. The minimum atomic E-state index is 0.0966. The van der Waals surface area contributed by atoms with Gasteiger partial charge in [-0.05, 0) is 29.8 Å². The molecule has 0 radical (unpaired) electrons. The van der Waals surface area contributed by atoms with Crippen molar-refractivity contribution in [1.82, 2.24) is 9.97 Å². The Morgan fingerprint density at radius 3 is 2.15 bits per heavy atom. The van der Waals surface area contributed by atoms with Crippen molar-refractivity contribution in [3.63, 3.8) is 0 Å². The number of phenols is 1. The lowest BCUT2D eigenvalue weighted by molar-refractivity contribution is 0.324. The van der Waals surface area contributed by atoms with Gasteiger partial charge in [0.05, 0.1) is 27.0 Å². The maximum absolute atomic E-state index is 10.2. The summed E-state index contributed by atoms with van der Waals surface area (Å²) < 4.78 is 16.2. The summed E-state index contributed by atoms with van der Waals surface area (Å²) in [5.74, 6) is 1.70. The fraction of sp³-hybridized carbons (Fsp3) is 0.158. The first-order valence-electron chi connectivity index (χ1n) is 7.80. The van der Waals surface area contributed by atoms with Crippen molar-refractivity contribution in [2.75, 3.05) is 27.1 Å². The Balaban J connectivity index is 2.27. The number of rotatable bonds is 5. The normalized spacial score (nSPS) is 10.4. The van der Waals surface area contributed by atoms with Crippen LogP contribution in [0.5, 0.6) is 23.0 Å². The third-order valence-electron chi connectivity index (χ3n) is 3.94. The standard InChI is InChI=1S/C19H19N3O4/c1-24-15-8-11(9-16(25-2)18(15)26-3)13-10-21-19(20)22-17(13)12-6-4-5-7-14(12)23/h4-10,23H,1-3H3,(H2,20,21,22). The first-order chi connectivity index (χ1) is 12.6. The van der Waals surface area contributed by atoms with Gasteiger partial charge in [-0.25, -0.2) is 9.97 Å². The molecule has 7 heteroatoms. The third kappa shape index (κ3) is 3.06. The lowest BCUT2D eigenvalue weighted by atomic mass is 9.99. The lowest BCUT2D eigenvalue weighted by Crippen LogP contribution is -2.00. The van der Waals surface area contributed by atoms with E-state index in [-0.39, 0.29) is 11.7 Å². The molecular weight excluding hydrogens is 334 g/mol. The molecule has 0 saturated heterocycles. The molecule has 0 spiro atoms. The van der Waals surface area contributed by atoms with Crippen LogP contribution in [0.2, 0.25) is 0 Å². The molecule has 1 aromatic heterocycles. The van der Waals surface area contributed by atoms with Crippen molar-refractivity contribution >= 4 is 5.95 Å². The molecule has 2 aromatic carbocycles. The van der Waals surface area contributed by atoms with Gasteiger partial charge in [0, 0.05) is 17.3 Å². The molecular formula is C19H19N3O4. The molecule has 0 saturated carbocycles. The van der Waals surface area contributed by atoms with Gasteiger partial charge in [-0.15, -0.1) is 0 Å². The van der Waals surface area contributed by atoms with Crippen LogP contribution in [0, 0.1) is 0 Å². The predicted octanol–water partition coefficient (Wildman–Crippen LogP) is 3.12. The summed E-state index contributed by atoms with van der Waals surface area (Å²) in [5.41, 5.74) is 8.23. The number of nitrogen functional groups attached to an aromatic ring is 1. The quantitative estimate of drug-likeness (QED) is 0.727. The summed E-state index contributed by atoms with van der Waals surface area (Å²) in [4.78, 5) is 8.43. The summed E-state index contributed by atoms with van der Waals surface area (Å²) in [5, 5.41) is 10.2. The van der Waals surface area contributed by atoms with Gasteiger partial charge in [-0.3, -0.25) is 0 Å². The minimum Gasteiger partial charge on any atom is -0.507 e. The van der Waals surface area contributed by atoms with Crippen LogP contribution >= 0.6 is 0 Å². The predicted molar refractivity (Wildman–Crippen MR) is 98.6 cm³/mol. The van der Waals surface area contributed by atoms with E-state index >= 15 is 0 Å². The van der Waals surface area contributed by atoms with Crippen molar-refractivity contribution in [3.05, 3.63) is 42.6 Å². The summed E-state index contributed by atoms with van der Waals surface area (Å²) in [6.45, 7) is 0. The molecule has 0 aliphatic carbocycles. The Morgan fingerprint density at radius 2 is 1.58 bits per heavy atom. The van der Waals surface area contributed by atoms with Gasteiger partial charge in [-0.2, -0.15) is 0 Å². The molecule has 0 fully saturated rings. The lowest BCUT2D eigenvalue weighted by Gasteiger charge is -2.16. The highest BCUT2D eigenvalue weighted by molar-refractivity contribution is 5.85. The number of aromatic hydroxyl groups is 1. The largest absolute Gasteiger partial charge is 0.507 e. The second-order valence-corrected chi connectivity index (χ2v) is 5.42. The summed E-state index contributed by atoms with van der Waals surface area (Å²) in [7, 11) is 4.63. The zero-order valence-electron chi connectivity index (χ0n) is 14.7. The van der Waals surface area contributed by atoms with Gasteiger partial charge in [0.2, 0.25) is 11.7 Å². The Kier molecular flexibility index (Phi) is 4.79. The number of phenolic OH excluding ortho intramolecular Hbond substituents is 1. The van der Waals surface area contributed by atoms with E-state index in [1.54, 1.807) is 57.9 Å². The van der Waals surface area contributed by atoms with Crippen LogP contribution in [0.25, 0.3) is 22.4 Å². The Bertz CT molecular complexity index is 919. The zero-order chi connectivity index (χ0) is 18.7. The number of aromatic nitrogens is 2. The number of anilines is 1. The second-order valence-electron chi connectivity index (χ2n) is 5.42. The van der Waals surface area contributed by atoms with E-state index in [0.717, 1.165) is 5.56 Å². The number of methoxy groups -OCH3 is 3. The number of nitrogens with zero attached hydrogens (tertiary/aromatic N) is 2. The number of nitrogens with two attached hydrogens (primary N) is 1. The smallest absolute Gasteiger partial charge is 0.220 e. The van der Waals surface area contributed by atoms with E-state index in [1.807, 2.05) is 6.07 Å². The average molecular weight is 353 g/mol. The highest BCUT2D eigenvalue weighted by Gasteiger charge is 2.19. The van der Waals surface area contributed by atoms with E-state index in [9.17, 15) is 5.11 Å². The van der Waals surface area contributed by atoms with E-state index in [4.69, 9.17) is 19.9 Å². The molecule has 0 bridgehead atoms.